The lowest BCUT2D eigenvalue weighted by Crippen LogP contribution is -1.79. The summed E-state index contributed by atoms with van der Waals surface area (Å²) in [7, 11) is 0. The monoisotopic (exact) mass is 223 g/mol. The topological polar surface area (TPSA) is 23.8 Å². The highest BCUT2D eigenvalue weighted by molar-refractivity contribution is 7.83. The molecule has 0 aliphatic heterocycles. The molecule has 0 saturated heterocycles. The van der Waals surface area contributed by atoms with Gasteiger partial charge < -0.3 is 0 Å². The number of rotatable bonds is 1. The molecule has 0 atom stereocenters. The normalized spacial score (nSPS) is 10.4. The fraction of sp³-hybridized carbons (Fsp3) is 0.100. The maximum atomic E-state index is 13.3. The van der Waals surface area contributed by atoms with Gasteiger partial charge in [0, 0.05) is 10.1 Å². The van der Waals surface area contributed by atoms with Crippen LogP contribution in [0.2, 0.25) is 0 Å². The van der Waals surface area contributed by atoms with Crippen molar-refractivity contribution in [3.05, 3.63) is 29.6 Å². The van der Waals surface area contributed by atoms with Crippen LogP contribution in [0.15, 0.2) is 22.4 Å². The van der Waals surface area contributed by atoms with Crippen LogP contribution in [0.5, 0.6) is 0 Å². The van der Waals surface area contributed by atoms with Gasteiger partial charge in [-0.15, -0.1) is 24.0 Å². The second-order valence-electron chi connectivity index (χ2n) is 2.89. The third kappa shape index (κ3) is 1.49. The molecule has 14 heavy (non-hydrogen) atoms. The van der Waals surface area contributed by atoms with Gasteiger partial charge in [-0.1, -0.05) is 12.1 Å². The Morgan fingerprint density at radius 2 is 2.29 bits per heavy atom. The van der Waals surface area contributed by atoms with Crippen molar-refractivity contribution in [2.45, 2.75) is 10.6 Å². The van der Waals surface area contributed by atoms with E-state index in [1.54, 1.807) is 12.1 Å². The number of fused-ring (bicyclic) bond motifs is 1. The summed E-state index contributed by atoms with van der Waals surface area (Å²) in [6.07, 6.45) is 0.358. The molecule has 2 aromatic rings. The van der Waals surface area contributed by atoms with E-state index in [0.29, 0.717) is 16.0 Å². The molecular weight excluding hydrogens is 217 g/mol. The maximum absolute atomic E-state index is 13.3. The molecule has 2 rings (SSSR count). The lowest BCUT2D eigenvalue weighted by molar-refractivity contribution is 0.624. The number of nitrogens with zero attached hydrogens (tertiary/aromatic N) is 1. The van der Waals surface area contributed by atoms with Crippen LogP contribution >= 0.6 is 24.0 Å². The highest BCUT2D eigenvalue weighted by atomic mass is 32.2. The first kappa shape index (κ1) is 9.50. The van der Waals surface area contributed by atoms with Crippen LogP contribution in [0.4, 0.5) is 4.39 Å². The predicted octanol–water partition coefficient (Wildman–Crippen LogP) is 3.40. The number of hydrogen-bond acceptors (Lipinski definition) is 3. The molecule has 0 saturated carbocycles. The van der Waals surface area contributed by atoms with Crippen molar-refractivity contribution >= 4 is 34.1 Å². The van der Waals surface area contributed by atoms with E-state index in [0.717, 1.165) is 10.3 Å². The summed E-state index contributed by atoms with van der Waals surface area (Å²) in [5, 5.41) is 9.10. The average Bonchev–Trinajstić information content (AvgIpc) is 2.43. The highest BCUT2D eigenvalue weighted by Gasteiger charge is 2.08. The molecule has 1 heterocycles. The lowest BCUT2D eigenvalue weighted by atomic mass is 10.1. The van der Waals surface area contributed by atoms with Crippen molar-refractivity contribution in [3.63, 3.8) is 0 Å². The summed E-state index contributed by atoms with van der Waals surface area (Å²) >= 11 is 5.32. The van der Waals surface area contributed by atoms with Crippen molar-refractivity contribution in [1.82, 2.24) is 0 Å². The third-order valence-electron chi connectivity index (χ3n) is 1.96. The average molecular weight is 223 g/mol. The highest BCUT2D eigenvalue weighted by Crippen LogP contribution is 2.32. The van der Waals surface area contributed by atoms with E-state index >= 15 is 0 Å². The summed E-state index contributed by atoms with van der Waals surface area (Å²) in [5.41, 5.74) is 0.912. The summed E-state index contributed by atoms with van der Waals surface area (Å²) in [4.78, 5) is 0. The molecule has 0 amide bonds. The van der Waals surface area contributed by atoms with Gasteiger partial charge in [-0.2, -0.15) is 5.26 Å². The molecular formula is C10H6FNS2. The molecule has 0 aliphatic carbocycles. The fourth-order valence-electron chi connectivity index (χ4n) is 1.30. The van der Waals surface area contributed by atoms with Gasteiger partial charge in [0.1, 0.15) is 0 Å². The fourth-order valence-corrected chi connectivity index (χ4v) is 2.60. The van der Waals surface area contributed by atoms with E-state index in [4.69, 9.17) is 5.26 Å². The van der Waals surface area contributed by atoms with Crippen LogP contribution in [-0.2, 0) is 6.42 Å². The number of nitriles is 1. The zero-order valence-corrected chi connectivity index (χ0v) is 8.83. The molecule has 0 spiro atoms. The summed E-state index contributed by atoms with van der Waals surface area (Å²) in [6.45, 7) is 0. The van der Waals surface area contributed by atoms with E-state index < -0.39 is 0 Å². The zero-order valence-electron chi connectivity index (χ0n) is 7.12. The van der Waals surface area contributed by atoms with E-state index in [-0.39, 0.29) is 5.82 Å². The summed E-state index contributed by atoms with van der Waals surface area (Å²) in [6, 6.07) is 7.38. The van der Waals surface area contributed by atoms with Gasteiger partial charge in [-0.25, -0.2) is 4.39 Å². The Hall–Kier alpha value is -1.05. The number of hydrogen-bond donors (Lipinski definition) is 1. The van der Waals surface area contributed by atoms with Crippen LogP contribution in [0.25, 0.3) is 10.1 Å². The van der Waals surface area contributed by atoms with Gasteiger partial charge in [-0.05, 0) is 11.6 Å². The van der Waals surface area contributed by atoms with E-state index in [1.807, 2.05) is 6.07 Å². The van der Waals surface area contributed by atoms with Crippen LogP contribution in [0.1, 0.15) is 5.56 Å². The molecule has 4 heteroatoms. The Labute approximate surface area is 90.2 Å². The Balaban J connectivity index is 2.63. The second kappa shape index (κ2) is 3.60. The smallest absolute Gasteiger partial charge is 0.155 e. The number of benzene rings is 1. The quantitative estimate of drug-likeness (QED) is 0.736. The largest absolute Gasteiger partial charge is 0.204 e. The molecule has 1 aromatic carbocycles. The molecule has 70 valence electrons. The molecule has 0 bridgehead atoms. The SMILES string of the molecule is N#CCc1ccc2c(F)c(S)sc2c1. The molecule has 0 unspecified atom stereocenters. The van der Waals surface area contributed by atoms with E-state index in [9.17, 15) is 4.39 Å². The minimum absolute atomic E-state index is 0.267. The Bertz CT molecular complexity index is 525. The van der Waals surface area contributed by atoms with Crippen molar-refractivity contribution in [2.24, 2.45) is 0 Å². The molecule has 0 radical (unpaired) electrons. The molecule has 1 nitrogen and oxygen atoms in total. The Morgan fingerprint density at radius 1 is 1.50 bits per heavy atom. The van der Waals surface area contributed by atoms with E-state index in [1.165, 1.54) is 11.3 Å². The number of halogens is 1. The van der Waals surface area contributed by atoms with Crippen LogP contribution in [0, 0.1) is 17.1 Å². The van der Waals surface area contributed by atoms with Gasteiger partial charge in [0.05, 0.1) is 16.7 Å². The van der Waals surface area contributed by atoms with Gasteiger partial charge in [0.15, 0.2) is 5.82 Å². The number of thiophene rings is 1. The van der Waals surface area contributed by atoms with E-state index in [2.05, 4.69) is 18.7 Å². The number of thiol groups is 1. The van der Waals surface area contributed by atoms with Gasteiger partial charge >= 0.3 is 0 Å². The van der Waals surface area contributed by atoms with Gasteiger partial charge in [0.25, 0.3) is 0 Å². The standard InChI is InChI=1S/C10H6FNS2/c11-9-7-2-1-6(3-4-12)5-8(7)14-10(9)13/h1-2,5,13H,3H2. The first-order valence-corrected chi connectivity index (χ1v) is 5.25. The minimum Gasteiger partial charge on any atom is -0.204 e. The van der Waals surface area contributed by atoms with Crippen molar-refractivity contribution in [1.29, 1.82) is 5.26 Å². The first-order valence-electron chi connectivity index (χ1n) is 3.99. The first-order chi connectivity index (χ1) is 6.72. The maximum Gasteiger partial charge on any atom is 0.155 e. The van der Waals surface area contributed by atoms with Crippen LogP contribution in [0.3, 0.4) is 0 Å². The minimum atomic E-state index is -0.267. The summed E-state index contributed by atoms with van der Waals surface area (Å²) in [5.74, 6) is -0.267. The lowest BCUT2D eigenvalue weighted by Gasteiger charge is -1.93. The predicted molar refractivity (Wildman–Crippen MR) is 58.4 cm³/mol. The molecule has 0 aliphatic rings. The van der Waals surface area contributed by atoms with Crippen molar-refractivity contribution < 1.29 is 4.39 Å². The second-order valence-corrected chi connectivity index (χ2v) is 4.69. The Kier molecular flexibility index (Phi) is 2.44. The van der Waals surface area contributed by atoms with Crippen LogP contribution < -0.4 is 0 Å². The van der Waals surface area contributed by atoms with Crippen LogP contribution in [-0.4, -0.2) is 0 Å². The Morgan fingerprint density at radius 3 is 3.00 bits per heavy atom. The molecule has 1 aromatic heterocycles. The zero-order chi connectivity index (χ0) is 10.1. The molecule has 0 fully saturated rings. The summed E-state index contributed by atoms with van der Waals surface area (Å²) < 4.78 is 14.6. The van der Waals surface area contributed by atoms with Crippen molar-refractivity contribution in [2.75, 3.05) is 0 Å². The third-order valence-corrected chi connectivity index (χ3v) is 3.36. The van der Waals surface area contributed by atoms with Gasteiger partial charge in [0.2, 0.25) is 0 Å². The van der Waals surface area contributed by atoms with Gasteiger partial charge in [-0.3, -0.25) is 0 Å². The molecule has 0 N–H and O–H groups in total. The van der Waals surface area contributed by atoms with Crippen molar-refractivity contribution in [3.8, 4) is 6.07 Å².